The van der Waals surface area contributed by atoms with Crippen molar-refractivity contribution >= 4 is 17.6 Å². The van der Waals surface area contributed by atoms with E-state index in [9.17, 15) is 14.7 Å². The molecule has 1 aromatic carbocycles. The number of hydrogen-bond donors (Lipinski definition) is 3. The number of pyridine rings is 1. The third-order valence-electron chi connectivity index (χ3n) is 7.23. The molecule has 1 aliphatic heterocycles. The summed E-state index contributed by atoms with van der Waals surface area (Å²) in [6.45, 7) is 11.6. The smallest absolute Gasteiger partial charge is 0.337 e. The van der Waals surface area contributed by atoms with Crippen molar-refractivity contribution in [1.29, 1.82) is 0 Å². The van der Waals surface area contributed by atoms with E-state index in [1.54, 1.807) is 46.8 Å². The quantitative estimate of drug-likeness (QED) is 0.451. The molecule has 2 heterocycles. The highest BCUT2D eigenvalue weighted by Crippen LogP contribution is 2.43. The molecule has 1 aliphatic carbocycles. The van der Waals surface area contributed by atoms with Crippen LogP contribution >= 0.6 is 0 Å². The minimum atomic E-state index is -1.42. The van der Waals surface area contributed by atoms with Crippen LogP contribution in [0, 0.1) is 25.6 Å². The average Bonchev–Trinajstić information content (AvgIpc) is 2.85. The van der Waals surface area contributed by atoms with Crippen molar-refractivity contribution in [3.8, 4) is 16.9 Å². The normalized spacial score (nSPS) is 20.1. The molecule has 1 aromatic heterocycles. The Kier molecular flexibility index (Phi) is 7.97. The second-order valence-electron chi connectivity index (χ2n) is 11.4. The number of carboxylic acids is 1. The fraction of sp³-hybridized carbons (Fsp3) is 0.552. The number of rotatable bonds is 6. The molecule has 2 aliphatic rings. The van der Waals surface area contributed by atoms with Gasteiger partial charge in [0.1, 0.15) is 23.7 Å². The summed E-state index contributed by atoms with van der Waals surface area (Å²) in [6, 6.07) is 3.26. The number of aryl methyl sites for hydroxylation is 1. The number of nitrogens with one attached hydrogen (secondary N) is 2. The van der Waals surface area contributed by atoms with Crippen LogP contribution in [0.4, 0.5) is 10.1 Å². The summed E-state index contributed by atoms with van der Waals surface area (Å²) in [4.78, 5) is 30.5. The third kappa shape index (κ3) is 5.77. The van der Waals surface area contributed by atoms with Crippen LogP contribution in [0.15, 0.2) is 12.1 Å². The number of ether oxygens (including phenoxy) is 2. The maximum absolute atomic E-state index is 16.0. The molecule has 206 valence electrons. The lowest BCUT2D eigenvalue weighted by Crippen LogP contribution is -2.38. The number of halogens is 1. The van der Waals surface area contributed by atoms with Crippen LogP contribution in [0.5, 0.6) is 5.75 Å². The van der Waals surface area contributed by atoms with Gasteiger partial charge in [0.2, 0.25) is 0 Å². The summed E-state index contributed by atoms with van der Waals surface area (Å²) in [5.41, 5.74) is 0.925. The molecule has 38 heavy (non-hydrogen) atoms. The molecule has 0 radical (unpaired) electrons. The van der Waals surface area contributed by atoms with Gasteiger partial charge in [-0.15, -0.1) is 0 Å². The van der Waals surface area contributed by atoms with Crippen molar-refractivity contribution in [3.63, 3.8) is 0 Å². The molecule has 0 saturated heterocycles. The van der Waals surface area contributed by atoms with Gasteiger partial charge in [0.25, 0.3) is 5.91 Å². The van der Waals surface area contributed by atoms with Gasteiger partial charge in [-0.05, 0) is 89.5 Å². The summed E-state index contributed by atoms with van der Waals surface area (Å²) in [5, 5.41) is 16.3. The van der Waals surface area contributed by atoms with Crippen LogP contribution in [-0.2, 0) is 9.53 Å². The van der Waals surface area contributed by atoms with Crippen LogP contribution in [-0.4, -0.2) is 46.8 Å². The van der Waals surface area contributed by atoms with Gasteiger partial charge in [-0.3, -0.25) is 4.79 Å². The SMILES string of the molecule is Cc1nc(C(=O)N[C@H]2CC[C@H](C)CC2)c(C)c(-c2ccc3c(c2F)NCCO3)c1[C@H](OC(C)(C)C)C(=O)O. The molecule has 0 unspecified atom stereocenters. The monoisotopic (exact) mass is 527 g/mol. The lowest BCUT2D eigenvalue weighted by atomic mass is 9.87. The maximum atomic E-state index is 16.0. The number of aliphatic carboxylic acids is 1. The standard InChI is InChI=1S/C29H38FN3O5/c1-15-7-9-18(10-8-15)33-27(34)24-16(2)21(19-11-12-20-25(23(19)30)31-13-14-37-20)22(17(3)32-24)26(28(35)36)38-29(4,5)6/h11-12,15,18,26,31H,7-10,13-14H2,1-6H3,(H,33,34)(H,35,36)/t15-,18-,26-/m0/s1. The fourth-order valence-electron chi connectivity index (χ4n) is 5.32. The molecule has 2 aromatic rings. The number of nitrogens with zero attached hydrogens (tertiary/aromatic N) is 1. The second kappa shape index (κ2) is 10.9. The van der Waals surface area contributed by atoms with E-state index < -0.39 is 23.5 Å². The number of aromatic nitrogens is 1. The zero-order valence-corrected chi connectivity index (χ0v) is 23.0. The largest absolute Gasteiger partial charge is 0.489 e. The first kappa shape index (κ1) is 27.8. The Hall–Kier alpha value is -3.20. The van der Waals surface area contributed by atoms with Crippen LogP contribution < -0.4 is 15.4 Å². The molecule has 1 amide bonds. The van der Waals surface area contributed by atoms with Gasteiger partial charge in [0, 0.05) is 29.4 Å². The van der Waals surface area contributed by atoms with Gasteiger partial charge in [-0.2, -0.15) is 0 Å². The Morgan fingerprint density at radius 3 is 2.53 bits per heavy atom. The summed E-state index contributed by atoms with van der Waals surface area (Å²) in [7, 11) is 0. The van der Waals surface area contributed by atoms with Gasteiger partial charge < -0.3 is 25.2 Å². The number of carbonyl (C=O) groups is 2. The van der Waals surface area contributed by atoms with Crippen LogP contribution in [0.1, 0.15) is 86.8 Å². The van der Waals surface area contributed by atoms with Crippen molar-refractivity contribution in [1.82, 2.24) is 10.3 Å². The highest BCUT2D eigenvalue weighted by Gasteiger charge is 2.35. The van der Waals surface area contributed by atoms with E-state index in [1.165, 1.54) is 0 Å². The summed E-state index contributed by atoms with van der Waals surface area (Å²) in [6.07, 6.45) is 2.44. The number of carbonyl (C=O) groups excluding carboxylic acids is 1. The number of amides is 1. The minimum absolute atomic E-state index is 0.0427. The van der Waals surface area contributed by atoms with Crippen molar-refractivity contribution in [2.45, 2.75) is 85.0 Å². The second-order valence-corrected chi connectivity index (χ2v) is 11.4. The van der Waals surface area contributed by atoms with Gasteiger partial charge in [0.05, 0.1) is 5.60 Å². The molecule has 8 nitrogen and oxygen atoms in total. The number of hydrogen-bond acceptors (Lipinski definition) is 6. The topological polar surface area (TPSA) is 110 Å². The lowest BCUT2D eigenvalue weighted by molar-refractivity contribution is -0.160. The van der Waals surface area contributed by atoms with Gasteiger partial charge in [0.15, 0.2) is 11.9 Å². The molecular formula is C29H38FN3O5. The minimum Gasteiger partial charge on any atom is -0.489 e. The first-order valence-corrected chi connectivity index (χ1v) is 13.3. The molecule has 0 bridgehead atoms. The average molecular weight is 528 g/mol. The molecule has 1 atom stereocenters. The van der Waals surface area contributed by atoms with E-state index in [-0.39, 0.29) is 34.5 Å². The number of anilines is 1. The maximum Gasteiger partial charge on any atom is 0.337 e. The number of fused-ring (bicyclic) bond motifs is 1. The highest BCUT2D eigenvalue weighted by atomic mass is 19.1. The van der Waals surface area contributed by atoms with E-state index in [0.29, 0.717) is 41.6 Å². The summed E-state index contributed by atoms with van der Waals surface area (Å²) < 4.78 is 27.6. The number of carboxylic acid groups (broad SMARTS) is 1. The van der Waals surface area contributed by atoms with Crippen molar-refractivity contribution in [2.75, 3.05) is 18.5 Å². The summed E-state index contributed by atoms with van der Waals surface area (Å²) >= 11 is 0. The van der Waals surface area contributed by atoms with Crippen molar-refractivity contribution in [3.05, 3.63) is 40.5 Å². The molecule has 3 N–H and O–H groups in total. The molecule has 0 spiro atoms. The zero-order valence-electron chi connectivity index (χ0n) is 23.0. The predicted octanol–water partition coefficient (Wildman–Crippen LogP) is 5.56. The molecule has 1 saturated carbocycles. The van der Waals surface area contributed by atoms with Crippen LogP contribution in [0.3, 0.4) is 0 Å². The highest BCUT2D eigenvalue weighted by molar-refractivity contribution is 5.97. The summed E-state index contributed by atoms with van der Waals surface area (Å²) in [5.74, 6) is -1.13. The molecular weight excluding hydrogens is 489 g/mol. The lowest BCUT2D eigenvalue weighted by Gasteiger charge is -2.30. The zero-order chi connectivity index (χ0) is 27.8. The third-order valence-corrected chi connectivity index (χ3v) is 7.23. The first-order chi connectivity index (χ1) is 17.9. The molecule has 4 rings (SSSR count). The van der Waals surface area contributed by atoms with Crippen molar-refractivity contribution in [2.24, 2.45) is 5.92 Å². The first-order valence-electron chi connectivity index (χ1n) is 13.3. The van der Waals surface area contributed by atoms with E-state index in [4.69, 9.17) is 9.47 Å². The Bertz CT molecular complexity index is 1230. The van der Waals surface area contributed by atoms with E-state index in [1.807, 2.05) is 0 Å². The van der Waals surface area contributed by atoms with E-state index in [0.717, 1.165) is 25.7 Å². The van der Waals surface area contributed by atoms with Crippen molar-refractivity contribution < 1.29 is 28.6 Å². The number of benzene rings is 1. The fourth-order valence-corrected chi connectivity index (χ4v) is 5.32. The Labute approximate surface area is 223 Å². The van der Waals surface area contributed by atoms with Gasteiger partial charge >= 0.3 is 5.97 Å². The van der Waals surface area contributed by atoms with Gasteiger partial charge in [-0.25, -0.2) is 14.2 Å². The predicted molar refractivity (Wildman–Crippen MR) is 143 cm³/mol. The van der Waals surface area contributed by atoms with Crippen LogP contribution in [0.2, 0.25) is 0 Å². The van der Waals surface area contributed by atoms with Crippen LogP contribution in [0.25, 0.3) is 11.1 Å². The molecule has 1 fully saturated rings. The van der Waals surface area contributed by atoms with Gasteiger partial charge in [-0.1, -0.05) is 6.92 Å². The Morgan fingerprint density at radius 1 is 1.21 bits per heavy atom. The van der Waals surface area contributed by atoms with E-state index >= 15 is 4.39 Å². The molecule has 9 heteroatoms. The Morgan fingerprint density at radius 2 is 1.89 bits per heavy atom. The Balaban J connectivity index is 1.89. The van der Waals surface area contributed by atoms with E-state index in [2.05, 4.69) is 22.5 Å².